The fraction of sp³-hybridized carbons (Fsp3) is 0.727. The average molecular weight is 389 g/mol. The Balaban J connectivity index is 1.42. The first kappa shape index (κ1) is 19.0. The molecule has 4 nitrogen and oxygen atoms in total. The van der Waals surface area contributed by atoms with E-state index in [2.05, 4.69) is 17.6 Å². The minimum Gasteiger partial charge on any atom is -0.351 e. The van der Waals surface area contributed by atoms with Crippen LogP contribution < -0.4 is 10.6 Å². The van der Waals surface area contributed by atoms with Crippen molar-refractivity contribution in [2.24, 2.45) is 29.1 Å². The van der Waals surface area contributed by atoms with E-state index in [1.165, 1.54) is 49.9 Å². The van der Waals surface area contributed by atoms with Crippen LogP contribution in [0.3, 0.4) is 0 Å². The van der Waals surface area contributed by atoms with Crippen LogP contribution in [0.15, 0.2) is 17.5 Å². The van der Waals surface area contributed by atoms with E-state index in [0.29, 0.717) is 4.88 Å². The highest BCUT2D eigenvalue weighted by atomic mass is 32.1. The second-order valence-electron chi connectivity index (χ2n) is 9.68. The molecular weight excluding hydrogens is 356 g/mol. The van der Waals surface area contributed by atoms with Gasteiger partial charge < -0.3 is 10.6 Å². The molecule has 148 valence electrons. The van der Waals surface area contributed by atoms with Gasteiger partial charge in [-0.05, 0) is 86.0 Å². The lowest BCUT2D eigenvalue weighted by atomic mass is 9.48. The zero-order valence-corrected chi connectivity index (χ0v) is 17.5. The molecule has 5 rings (SSSR count). The van der Waals surface area contributed by atoms with Crippen LogP contribution in [0.4, 0.5) is 0 Å². The Morgan fingerprint density at radius 2 is 1.63 bits per heavy atom. The monoisotopic (exact) mass is 388 g/mol. The highest BCUT2D eigenvalue weighted by Crippen LogP contribution is 2.61. The largest absolute Gasteiger partial charge is 0.351 e. The summed E-state index contributed by atoms with van der Waals surface area (Å²) in [6.45, 7) is 6.19. The van der Waals surface area contributed by atoms with Crippen LogP contribution in [0.25, 0.3) is 0 Å². The van der Waals surface area contributed by atoms with Crippen LogP contribution >= 0.6 is 11.3 Å². The van der Waals surface area contributed by atoms with E-state index < -0.39 is 6.04 Å². The fourth-order valence-corrected chi connectivity index (χ4v) is 6.95. The maximum atomic E-state index is 13.1. The molecule has 4 saturated carbocycles. The molecule has 0 aromatic carbocycles. The standard InChI is InChI=1S/C22H32N2O2S/c1-13(2)19(24-20(25)18-5-4-6-27-18)21(26)23-14(3)22-10-15-7-16(11-22)9-17(8-15)12-22/h4-6,13-17,19H,7-12H2,1-3H3,(H,23,26)(H,24,25)/t14-,15?,16?,17?,19+,22?/m1/s1. The van der Waals surface area contributed by atoms with Crippen molar-refractivity contribution >= 4 is 23.2 Å². The molecule has 4 aliphatic rings. The van der Waals surface area contributed by atoms with Gasteiger partial charge in [0.1, 0.15) is 6.04 Å². The third kappa shape index (κ3) is 3.67. The van der Waals surface area contributed by atoms with Gasteiger partial charge in [0.2, 0.25) is 5.91 Å². The van der Waals surface area contributed by atoms with Gasteiger partial charge in [-0.2, -0.15) is 0 Å². The molecule has 0 unspecified atom stereocenters. The second-order valence-corrected chi connectivity index (χ2v) is 10.6. The lowest BCUT2D eigenvalue weighted by Crippen LogP contribution is -2.59. The van der Waals surface area contributed by atoms with Gasteiger partial charge in [-0.25, -0.2) is 0 Å². The summed E-state index contributed by atoms with van der Waals surface area (Å²) in [5.41, 5.74) is 0.281. The Hall–Kier alpha value is -1.36. The highest BCUT2D eigenvalue weighted by molar-refractivity contribution is 7.12. The molecule has 2 atom stereocenters. The molecule has 4 aliphatic carbocycles. The topological polar surface area (TPSA) is 58.2 Å². The normalized spacial score (nSPS) is 33.7. The summed E-state index contributed by atoms with van der Waals surface area (Å²) in [6, 6.07) is 3.35. The van der Waals surface area contributed by atoms with E-state index in [0.717, 1.165) is 17.8 Å². The van der Waals surface area contributed by atoms with Gasteiger partial charge in [0.05, 0.1) is 4.88 Å². The Morgan fingerprint density at radius 3 is 2.11 bits per heavy atom. The second kappa shape index (κ2) is 7.23. The lowest BCUT2D eigenvalue weighted by molar-refractivity contribution is -0.128. The predicted molar refractivity (Wildman–Crippen MR) is 109 cm³/mol. The van der Waals surface area contributed by atoms with Gasteiger partial charge in [0.15, 0.2) is 0 Å². The van der Waals surface area contributed by atoms with Gasteiger partial charge >= 0.3 is 0 Å². The van der Waals surface area contributed by atoms with Crippen molar-refractivity contribution in [3.8, 4) is 0 Å². The molecule has 0 aliphatic heterocycles. The Kier molecular flexibility index (Phi) is 5.08. The number of thiophene rings is 1. The Labute approximate surface area is 166 Å². The molecule has 27 heavy (non-hydrogen) atoms. The van der Waals surface area contributed by atoms with Crippen LogP contribution in [0, 0.1) is 29.1 Å². The van der Waals surface area contributed by atoms with Gasteiger partial charge in [-0.1, -0.05) is 19.9 Å². The van der Waals surface area contributed by atoms with E-state index in [1.807, 2.05) is 25.3 Å². The van der Waals surface area contributed by atoms with Crippen molar-refractivity contribution < 1.29 is 9.59 Å². The summed E-state index contributed by atoms with van der Waals surface area (Å²) in [4.78, 5) is 26.2. The number of rotatable bonds is 6. The number of carbonyl (C=O) groups is 2. The van der Waals surface area contributed by atoms with Crippen molar-refractivity contribution in [2.75, 3.05) is 0 Å². The van der Waals surface area contributed by atoms with E-state index in [1.54, 1.807) is 6.07 Å². The summed E-state index contributed by atoms with van der Waals surface area (Å²) < 4.78 is 0. The van der Waals surface area contributed by atoms with Gasteiger partial charge in [0, 0.05) is 6.04 Å². The third-order valence-corrected chi connectivity index (χ3v) is 8.21. The van der Waals surface area contributed by atoms with Crippen molar-refractivity contribution in [1.29, 1.82) is 0 Å². The predicted octanol–water partition coefficient (Wildman–Crippen LogP) is 4.22. The lowest BCUT2D eigenvalue weighted by Gasteiger charge is -2.59. The summed E-state index contributed by atoms with van der Waals surface area (Å²) in [7, 11) is 0. The van der Waals surface area contributed by atoms with Crippen molar-refractivity contribution in [3.63, 3.8) is 0 Å². The maximum Gasteiger partial charge on any atom is 0.262 e. The van der Waals surface area contributed by atoms with Crippen molar-refractivity contribution in [2.45, 2.75) is 71.4 Å². The van der Waals surface area contributed by atoms with Crippen LogP contribution in [-0.4, -0.2) is 23.9 Å². The van der Waals surface area contributed by atoms with Crippen LogP contribution in [0.1, 0.15) is 69.0 Å². The van der Waals surface area contributed by atoms with Crippen LogP contribution in [0.5, 0.6) is 0 Å². The molecule has 0 saturated heterocycles. The molecule has 1 aromatic rings. The first-order valence-electron chi connectivity index (χ1n) is 10.5. The molecular formula is C22H32N2O2S. The van der Waals surface area contributed by atoms with Gasteiger partial charge in [0.25, 0.3) is 5.91 Å². The number of hydrogen-bond acceptors (Lipinski definition) is 3. The van der Waals surface area contributed by atoms with E-state index in [-0.39, 0.29) is 29.2 Å². The molecule has 1 heterocycles. The van der Waals surface area contributed by atoms with Crippen LogP contribution in [-0.2, 0) is 4.79 Å². The summed E-state index contributed by atoms with van der Waals surface area (Å²) in [5.74, 6) is 2.48. The number of nitrogens with one attached hydrogen (secondary N) is 2. The smallest absolute Gasteiger partial charge is 0.262 e. The first-order chi connectivity index (χ1) is 12.9. The third-order valence-electron chi connectivity index (χ3n) is 7.34. The Morgan fingerprint density at radius 1 is 1.04 bits per heavy atom. The summed E-state index contributed by atoms with van der Waals surface area (Å²) >= 11 is 1.41. The van der Waals surface area contributed by atoms with Crippen molar-refractivity contribution in [3.05, 3.63) is 22.4 Å². The van der Waals surface area contributed by atoms with Crippen molar-refractivity contribution in [1.82, 2.24) is 10.6 Å². The van der Waals surface area contributed by atoms with E-state index in [9.17, 15) is 9.59 Å². The minimum absolute atomic E-state index is 0.0295. The summed E-state index contributed by atoms with van der Waals surface area (Å²) in [6.07, 6.45) is 8.04. The number of amides is 2. The van der Waals surface area contributed by atoms with Gasteiger partial charge in [-0.3, -0.25) is 9.59 Å². The van der Waals surface area contributed by atoms with Crippen LogP contribution in [0.2, 0.25) is 0 Å². The molecule has 0 spiro atoms. The van der Waals surface area contributed by atoms with Gasteiger partial charge in [-0.15, -0.1) is 11.3 Å². The number of hydrogen-bond donors (Lipinski definition) is 2. The molecule has 1 aromatic heterocycles. The average Bonchev–Trinajstić information content (AvgIpc) is 3.12. The minimum atomic E-state index is -0.490. The molecule has 0 radical (unpaired) electrons. The maximum absolute atomic E-state index is 13.1. The SMILES string of the molecule is CC(C)[C@H](NC(=O)c1cccs1)C(=O)N[C@H](C)C12CC3CC(CC(C3)C1)C2. The molecule has 4 fully saturated rings. The van der Waals surface area contributed by atoms with E-state index in [4.69, 9.17) is 0 Å². The molecule has 2 N–H and O–H groups in total. The fourth-order valence-electron chi connectivity index (χ4n) is 6.32. The van der Waals surface area contributed by atoms with E-state index >= 15 is 0 Å². The molecule has 2 amide bonds. The quantitative estimate of drug-likeness (QED) is 0.766. The highest BCUT2D eigenvalue weighted by Gasteiger charge is 2.53. The molecule has 5 heteroatoms. The number of carbonyl (C=O) groups excluding carboxylic acids is 2. The first-order valence-corrected chi connectivity index (χ1v) is 11.4. The Bertz CT molecular complexity index is 662. The zero-order valence-electron chi connectivity index (χ0n) is 16.7. The molecule has 4 bridgehead atoms. The summed E-state index contributed by atoms with van der Waals surface area (Å²) in [5, 5.41) is 8.16. The zero-order chi connectivity index (χ0) is 19.2.